The fourth-order valence-corrected chi connectivity index (χ4v) is 3.59. The number of aromatic nitrogens is 4. The van der Waals surface area contributed by atoms with Crippen LogP contribution in [-0.2, 0) is 12.0 Å². The minimum Gasteiger partial charge on any atom is -0.324 e. The molecule has 0 bridgehead atoms. The summed E-state index contributed by atoms with van der Waals surface area (Å²) >= 11 is 0. The van der Waals surface area contributed by atoms with E-state index in [1.54, 1.807) is 18.5 Å². The molecule has 5 nitrogen and oxygen atoms in total. The molecule has 28 heavy (non-hydrogen) atoms. The molecule has 0 spiro atoms. The van der Waals surface area contributed by atoms with Gasteiger partial charge in [0.2, 0.25) is 0 Å². The standard InChI is InChI=1S/C20H20F3N5/c1-13-24-9-15(10-25-13)14-4-5-16-17(8-14)28(11-19(16,2)3)18-6-7-27(26-18)12-20(21,22)23/h4-10H,11-12H2,1-3H3. The van der Waals surface area contributed by atoms with Crippen molar-refractivity contribution in [1.82, 2.24) is 19.7 Å². The van der Waals surface area contributed by atoms with Crippen LogP contribution in [0, 0.1) is 6.92 Å². The number of rotatable bonds is 3. The maximum absolute atomic E-state index is 12.7. The average Bonchev–Trinajstić information content (AvgIpc) is 3.16. The molecule has 0 amide bonds. The number of benzene rings is 1. The van der Waals surface area contributed by atoms with Crippen LogP contribution in [0.3, 0.4) is 0 Å². The van der Waals surface area contributed by atoms with Crippen LogP contribution in [0.4, 0.5) is 24.7 Å². The van der Waals surface area contributed by atoms with Crippen molar-refractivity contribution in [3.8, 4) is 11.1 Å². The highest BCUT2D eigenvalue weighted by atomic mass is 19.4. The van der Waals surface area contributed by atoms with Crippen molar-refractivity contribution in [3.63, 3.8) is 0 Å². The first-order chi connectivity index (χ1) is 13.1. The van der Waals surface area contributed by atoms with E-state index in [1.807, 2.05) is 24.0 Å². The summed E-state index contributed by atoms with van der Waals surface area (Å²) in [6.07, 6.45) is 0.606. The highest BCUT2D eigenvalue weighted by molar-refractivity contribution is 5.77. The molecule has 0 N–H and O–H groups in total. The second-order valence-corrected chi connectivity index (χ2v) is 7.71. The average molecular weight is 387 g/mol. The van der Waals surface area contributed by atoms with Gasteiger partial charge >= 0.3 is 6.18 Å². The molecule has 3 heterocycles. The van der Waals surface area contributed by atoms with Crippen LogP contribution in [0.5, 0.6) is 0 Å². The fraction of sp³-hybridized carbons (Fsp3) is 0.350. The fourth-order valence-electron chi connectivity index (χ4n) is 3.59. The zero-order valence-electron chi connectivity index (χ0n) is 15.8. The number of hydrogen-bond acceptors (Lipinski definition) is 4. The molecule has 146 valence electrons. The van der Waals surface area contributed by atoms with Gasteiger partial charge in [0.05, 0.1) is 0 Å². The van der Waals surface area contributed by atoms with Crippen LogP contribution in [0.2, 0.25) is 0 Å². The van der Waals surface area contributed by atoms with Crippen LogP contribution in [-0.4, -0.2) is 32.5 Å². The van der Waals surface area contributed by atoms with Gasteiger partial charge in [-0.1, -0.05) is 26.0 Å². The number of nitrogens with zero attached hydrogens (tertiary/aromatic N) is 5. The Balaban J connectivity index is 1.73. The number of halogens is 3. The van der Waals surface area contributed by atoms with E-state index in [0.29, 0.717) is 18.2 Å². The zero-order chi connectivity index (χ0) is 20.1. The molecule has 2 aromatic heterocycles. The Bertz CT molecular complexity index is 1010. The van der Waals surface area contributed by atoms with E-state index in [2.05, 4.69) is 35.0 Å². The monoisotopic (exact) mass is 387 g/mol. The first-order valence-electron chi connectivity index (χ1n) is 8.94. The minimum atomic E-state index is -4.30. The van der Waals surface area contributed by atoms with Crippen molar-refractivity contribution < 1.29 is 13.2 Å². The van der Waals surface area contributed by atoms with Gasteiger partial charge in [-0.3, -0.25) is 4.68 Å². The van der Waals surface area contributed by atoms with Crippen LogP contribution < -0.4 is 4.90 Å². The Labute approximate surface area is 160 Å². The molecule has 1 aliphatic heterocycles. The third-order valence-electron chi connectivity index (χ3n) is 4.93. The third-order valence-corrected chi connectivity index (χ3v) is 4.93. The molecule has 0 radical (unpaired) electrons. The Hall–Kier alpha value is -2.90. The molecule has 0 fully saturated rings. The van der Waals surface area contributed by atoms with E-state index in [-0.39, 0.29) is 5.41 Å². The van der Waals surface area contributed by atoms with Gasteiger partial charge in [0.15, 0.2) is 5.82 Å². The SMILES string of the molecule is Cc1ncc(-c2ccc3c(c2)N(c2ccn(CC(F)(F)F)n2)CC3(C)C)cn1. The Morgan fingerprint density at radius 1 is 1.07 bits per heavy atom. The van der Waals surface area contributed by atoms with Gasteiger partial charge in [-0.05, 0) is 24.1 Å². The molecule has 1 aliphatic rings. The van der Waals surface area contributed by atoms with E-state index in [0.717, 1.165) is 27.1 Å². The van der Waals surface area contributed by atoms with Crippen molar-refractivity contribution in [1.29, 1.82) is 0 Å². The highest BCUT2D eigenvalue weighted by Crippen LogP contribution is 2.45. The Kier molecular flexibility index (Phi) is 4.17. The van der Waals surface area contributed by atoms with E-state index < -0.39 is 12.7 Å². The molecule has 0 saturated carbocycles. The lowest BCUT2D eigenvalue weighted by molar-refractivity contribution is -0.142. The molecule has 4 rings (SSSR count). The lowest BCUT2D eigenvalue weighted by Crippen LogP contribution is -2.25. The summed E-state index contributed by atoms with van der Waals surface area (Å²) < 4.78 is 38.9. The summed E-state index contributed by atoms with van der Waals surface area (Å²) in [5.74, 6) is 1.20. The molecule has 0 saturated heterocycles. The van der Waals surface area contributed by atoms with E-state index in [9.17, 15) is 13.2 Å². The molecule has 8 heteroatoms. The van der Waals surface area contributed by atoms with E-state index in [1.165, 1.54) is 6.20 Å². The first-order valence-corrected chi connectivity index (χ1v) is 8.94. The van der Waals surface area contributed by atoms with Gasteiger partial charge in [0.25, 0.3) is 0 Å². The smallest absolute Gasteiger partial charge is 0.324 e. The normalized spacial score (nSPS) is 15.7. The van der Waals surface area contributed by atoms with Crippen LogP contribution in [0.1, 0.15) is 25.2 Å². The molecule has 3 aromatic rings. The number of aryl methyl sites for hydroxylation is 1. The second kappa shape index (κ2) is 6.32. The quantitative estimate of drug-likeness (QED) is 0.657. The van der Waals surface area contributed by atoms with Crippen LogP contribution in [0.25, 0.3) is 11.1 Å². The van der Waals surface area contributed by atoms with Gasteiger partial charge in [-0.25, -0.2) is 9.97 Å². The van der Waals surface area contributed by atoms with E-state index in [4.69, 9.17) is 0 Å². The summed E-state index contributed by atoms with van der Waals surface area (Å²) in [4.78, 5) is 10.5. The largest absolute Gasteiger partial charge is 0.408 e. The van der Waals surface area contributed by atoms with Crippen molar-refractivity contribution in [2.45, 2.75) is 38.9 Å². The maximum atomic E-state index is 12.7. The Morgan fingerprint density at radius 2 is 1.79 bits per heavy atom. The first kappa shape index (κ1) is 18.5. The van der Waals surface area contributed by atoms with Gasteiger partial charge < -0.3 is 4.90 Å². The van der Waals surface area contributed by atoms with Crippen molar-refractivity contribution in [2.24, 2.45) is 0 Å². The molecule has 0 unspecified atom stereocenters. The summed E-state index contributed by atoms with van der Waals surface area (Å²) in [6, 6.07) is 7.75. The molecular weight excluding hydrogens is 367 g/mol. The lowest BCUT2D eigenvalue weighted by Gasteiger charge is -2.20. The summed E-state index contributed by atoms with van der Waals surface area (Å²) in [6.45, 7) is 5.60. The summed E-state index contributed by atoms with van der Waals surface area (Å²) in [7, 11) is 0. The molecular formula is C20H20F3N5. The number of alkyl halides is 3. The zero-order valence-corrected chi connectivity index (χ0v) is 15.8. The van der Waals surface area contributed by atoms with Gasteiger partial charge in [0, 0.05) is 47.9 Å². The summed E-state index contributed by atoms with van der Waals surface area (Å²) in [5.41, 5.74) is 3.78. The topological polar surface area (TPSA) is 46.8 Å². The Morgan fingerprint density at radius 3 is 2.46 bits per heavy atom. The van der Waals surface area contributed by atoms with Gasteiger partial charge in [0.1, 0.15) is 12.4 Å². The van der Waals surface area contributed by atoms with Crippen LogP contribution in [0.15, 0.2) is 42.9 Å². The molecule has 0 aliphatic carbocycles. The van der Waals surface area contributed by atoms with Crippen molar-refractivity contribution in [3.05, 3.63) is 54.2 Å². The second-order valence-electron chi connectivity index (χ2n) is 7.71. The van der Waals surface area contributed by atoms with Crippen LogP contribution >= 0.6 is 0 Å². The minimum absolute atomic E-state index is 0.147. The predicted octanol–water partition coefficient (Wildman–Crippen LogP) is 4.64. The predicted molar refractivity (Wildman–Crippen MR) is 101 cm³/mol. The van der Waals surface area contributed by atoms with Crippen molar-refractivity contribution >= 4 is 11.5 Å². The number of anilines is 2. The summed E-state index contributed by atoms with van der Waals surface area (Å²) in [5, 5.41) is 4.15. The molecule has 0 atom stereocenters. The molecule has 1 aromatic carbocycles. The van der Waals surface area contributed by atoms with Gasteiger partial charge in [-0.2, -0.15) is 18.3 Å². The lowest BCUT2D eigenvalue weighted by atomic mass is 9.86. The highest BCUT2D eigenvalue weighted by Gasteiger charge is 2.37. The maximum Gasteiger partial charge on any atom is 0.408 e. The van der Waals surface area contributed by atoms with E-state index >= 15 is 0 Å². The number of fused-ring (bicyclic) bond motifs is 1. The van der Waals surface area contributed by atoms with Gasteiger partial charge in [-0.15, -0.1) is 0 Å². The third kappa shape index (κ3) is 3.46. The van der Waals surface area contributed by atoms with Crippen molar-refractivity contribution in [2.75, 3.05) is 11.4 Å². The number of hydrogen-bond donors (Lipinski definition) is 0.